The van der Waals surface area contributed by atoms with Gasteiger partial charge in [0.25, 0.3) is 0 Å². The van der Waals surface area contributed by atoms with Crippen LogP contribution in [0, 0.1) is 5.82 Å². The standard InChI is InChI=1S/C11H5BrFNO5/c12-4-2-1-3-5(13)6(4)9-14-7(10(15)16)8(19-9)11(17)18/h1-3H,(H,15,16)(H,17,18). The zero-order valence-electron chi connectivity index (χ0n) is 9.05. The summed E-state index contributed by atoms with van der Waals surface area (Å²) in [7, 11) is 0. The molecule has 0 aliphatic rings. The Balaban J connectivity index is 2.68. The summed E-state index contributed by atoms with van der Waals surface area (Å²) in [6, 6.07) is 4.02. The molecular formula is C11H5BrFNO5. The number of hydrogen-bond donors (Lipinski definition) is 2. The van der Waals surface area contributed by atoms with Crippen LogP contribution in [0.2, 0.25) is 0 Å². The first kappa shape index (κ1) is 13.2. The highest BCUT2D eigenvalue weighted by Crippen LogP contribution is 2.31. The highest BCUT2D eigenvalue weighted by Gasteiger charge is 2.27. The van der Waals surface area contributed by atoms with Gasteiger partial charge in [0.05, 0.1) is 5.56 Å². The third kappa shape index (κ3) is 2.34. The Labute approximate surface area is 113 Å². The highest BCUT2D eigenvalue weighted by atomic mass is 79.9. The third-order valence-corrected chi connectivity index (χ3v) is 2.86. The topological polar surface area (TPSA) is 101 Å². The van der Waals surface area contributed by atoms with E-state index >= 15 is 0 Å². The maximum Gasteiger partial charge on any atom is 0.374 e. The van der Waals surface area contributed by atoms with Crippen molar-refractivity contribution in [3.05, 3.63) is 39.9 Å². The lowest BCUT2D eigenvalue weighted by atomic mass is 10.2. The average Bonchev–Trinajstić information content (AvgIpc) is 2.73. The Bertz CT molecular complexity index is 630. The van der Waals surface area contributed by atoms with E-state index in [-0.39, 0.29) is 10.0 Å². The number of nitrogens with zero attached hydrogens (tertiary/aromatic N) is 1. The Kier molecular flexibility index (Phi) is 3.34. The van der Waals surface area contributed by atoms with Gasteiger partial charge in [0.1, 0.15) is 5.82 Å². The lowest BCUT2D eigenvalue weighted by Gasteiger charge is -2.00. The van der Waals surface area contributed by atoms with E-state index in [1.54, 1.807) is 0 Å². The van der Waals surface area contributed by atoms with Crippen LogP contribution >= 0.6 is 15.9 Å². The molecule has 0 unspecified atom stereocenters. The first-order valence-corrected chi connectivity index (χ1v) is 5.63. The fourth-order valence-corrected chi connectivity index (χ4v) is 1.93. The van der Waals surface area contributed by atoms with Crippen LogP contribution in [-0.4, -0.2) is 27.1 Å². The van der Waals surface area contributed by atoms with Crippen molar-refractivity contribution in [2.45, 2.75) is 0 Å². The van der Waals surface area contributed by atoms with Gasteiger partial charge in [-0.25, -0.2) is 19.0 Å². The maximum atomic E-state index is 13.7. The van der Waals surface area contributed by atoms with Gasteiger partial charge < -0.3 is 14.6 Å². The molecule has 2 N–H and O–H groups in total. The number of oxazole rings is 1. The molecule has 0 saturated heterocycles. The van der Waals surface area contributed by atoms with Crippen molar-refractivity contribution in [3.63, 3.8) is 0 Å². The molecule has 19 heavy (non-hydrogen) atoms. The molecule has 0 spiro atoms. The molecule has 1 aromatic carbocycles. The number of benzene rings is 1. The molecule has 0 amide bonds. The number of aromatic carboxylic acids is 2. The summed E-state index contributed by atoms with van der Waals surface area (Å²) in [6.45, 7) is 0. The van der Waals surface area contributed by atoms with Crippen molar-refractivity contribution >= 4 is 27.9 Å². The maximum absolute atomic E-state index is 13.7. The lowest BCUT2D eigenvalue weighted by molar-refractivity contribution is 0.0624. The lowest BCUT2D eigenvalue weighted by Crippen LogP contribution is -2.05. The Hall–Kier alpha value is -2.22. The SMILES string of the molecule is O=C(O)c1nc(-c2c(F)cccc2Br)oc1C(=O)O. The second-order valence-electron chi connectivity index (χ2n) is 3.40. The molecular weight excluding hydrogens is 325 g/mol. The molecule has 0 aliphatic carbocycles. The minimum absolute atomic E-state index is 0.141. The number of rotatable bonds is 3. The average molecular weight is 330 g/mol. The van der Waals surface area contributed by atoms with Gasteiger partial charge in [0.15, 0.2) is 0 Å². The van der Waals surface area contributed by atoms with E-state index < -0.39 is 35.1 Å². The third-order valence-electron chi connectivity index (χ3n) is 2.20. The van der Waals surface area contributed by atoms with Crippen LogP contribution in [0.3, 0.4) is 0 Å². The molecule has 0 aliphatic heterocycles. The van der Waals surface area contributed by atoms with E-state index in [1.165, 1.54) is 12.1 Å². The second kappa shape index (κ2) is 4.81. The van der Waals surface area contributed by atoms with Crippen molar-refractivity contribution < 1.29 is 28.6 Å². The molecule has 8 heteroatoms. The van der Waals surface area contributed by atoms with Crippen LogP contribution in [0.5, 0.6) is 0 Å². The predicted molar refractivity (Wildman–Crippen MR) is 63.5 cm³/mol. The monoisotopic (exact) mass is 329 g/mol. The molecule has 0 fully saturated rings. The summed E-state index contributed by atoms with van der Waals surface area (Å²) in [4.78, 5) is 25.2. The first-order valence-electron chi connectivity index (χ1n) is 4.83. The summed E-state index contributed by atoms with van der Waals surface area (Å²) >= 11 is 3.06. The van der Waals surface area contributed by atoms with Crippen LogP contribution in [0.4, 0.5) is 4.39 Å². The smallest absolute Gasteiger partial charge is 0.374 e. The molecule has 98 valence electrons. The molecule has 0 atom stereocenters. The van der Waals surface area contributed by atoms with Gasteiger partial charge in [-0.15, -0.1) is 0 Å². The fourth-order valence-electron chi connectivity index (χ4n) is 1.42. The van der Waals surface area contributed by atoms with E-state index in [0.717, 1.165) is 6.07 Å². The quantitative estimate of drug-likeness (QED) is 0.897. The van der Waals surface area contributed by atoms with Gasteiger partial charge in [0, 0.05) is 4.47 Å². The van der Waals surface area contributed by atoms with Crippen molar-refractivity contribution in [1.29, 1.82) is 0 Å². The number of carboxylic acid groups (broad SMARTS) is 2. The van der Waals surface area contributed by atoms with Crippen molar-refractivity contribution in [2.24, 2.45) is 0 Å². The Morgan fingerprint density at radius 1 is 1.26 bits per heavy atom. The van der Waals surface area contributed by atoms with Crippen LogP contribution in [0.25, 0.3) is 11.5 Å². The molecule has 1 aromatic heterocycles. The zero-order chi connectivity index (χ0) is 14.2. The first-order chi connectivity index (χ1) is 8.91. The van der Waals surface area contributed by atoms with Crippen LogP contribution < -0.4 is 0 Å². The summed E-state index contributed by atoms with van der Waals surface area (Å²) < 4.78 is 18.7. The zero-order valence-corrected chi connectivity index (χ0v) is 10.6. The van der Waals surface area contributed by atoms with Gasteiger partial charge in [0.2, 0.25) is 17.3 Å². The molecule has 6 nitrogen and oxygen atoms in total. The highest BCUT2D eigenvalue weighted by molar-refractivity contribution is 9.10. The van der Waals surface area contributed by atoms with Crippen LogP contribution in [0.1, 0.15) is 21.0 Å². The van der Waals surface area contributed by atoms with Crippen molar-refractivity contribution in [1.82, 2.24) is 4.98 Å². The van der Waals surface area contributed by atoms with Crippen LogP contribution in [0.15, 0.2) is 27.1 Å². The van der Waals surface area contributed by atoms with E-state index in [0.29, 0.717) is 0 Å². The molecule has 1 heterocycles. The van der Waals surface area contributed by atoms with Gasteiger partial charge in [-0.1, -0.05) is 6.07 Å². The molecule has 0 saturated carbocycles. The number of carboxylic acids is 2. The van der Waals surface area contributed by atoms with Crippen molar-refractivity contribution in [3.8, 4) is 11.5 Å². The van der Waals surface area contributed by atoms with Crippen molar-refractivity contribution in [2.75, 3.05) is 0 Å². The van der Waals surface area contributed by atoms with E-state index in [2.05, 4.69) is 20.9 Å². The minimum Gasteiger partial charge on any atom is -0.476 e. The Morgan fingerprint density at radius 2 is 1.95 bits per heavy atom. The summed E-state index contributed by atoms with van der Waals surface area (Å²) in [6.07, 6.45) is 0. The van der Waals surface area contributed by atoms with Gasteiger partial charge in [-0.05, 0) is 28.1 Å². The normalized spacial score (nSPS) is 10.4. The van der Waals surface area contributed by atoms with E-state index in [1.807, 2.05) is 0 Å². The number of hydrogen-bond acceptors (Lipinski definition) is 4. The molecule has 2 rings (SSSR count). The molecule has 0 bridgehead atoms. The van der Waals surface area contributed by atoms with Crippen LogP contribution in [-0.2, 0) is 0 Å². The summed E-state index contributed by atoms with van der Waals surface area (Å²) in [5.41, 5.74) is -0.921. The fraction of sp³-hybridized carbons (Fsp3) is 0. The number of carbonyl (C=O) groups is 2. The summed E-state index contributed by atoms with van der Waals surface area (Å²) in [5.74, 6) is -5.15. The second-order valence-corrected chi connectivity index (χ2v) is 4.26. The predicted octanol–water partition coefficient (Wildman–Crippen LogP) is 2.64. The molecule has 2 aromatic rings. The largest absolute Gasteiger partial charge is 0.476 e. The van der Waals surface area contributed by atoms with Gasteiger partial charge in [-0.2, -0.15) is 0 Å². The molecule has 0 radical (unpaired) electrons. The number of halogens is 2. The Morgan fingerprint density at radius 3 is 2.42 bits per heavy atom. The van der Waals surface area contributed by atoms with E-state index in [4.69, 9.17) is 14.6 Å². The van der Waals surface area contributed by atoms with E-state index in [9.17, 15) is 14.0 Å². The summed E-state index contributed by atoms with van der Waals surface area (Å²) in [5, 5.41) is 17.6. The van der Waals surface area contributed by atoms with Gasteiger partial charge >= 0.3 is 11.9 Å². The van der Waals surface area contributed by atoms with Gasteiger partial charge in [-0.3, -0.25) is 0 Å². The number of aromatic nitrogens is 1. The minimum atomic E-state index is -1.59.